The standard InChI is InChI=1S/C13H9FN2/c14-11-6-7-12(16-13(11)8-9-15)10-4-2-1-3-5-10/h1-7H,8H2. The lowest BCUT2D eigenvalue weighted by Crippen LogP contribution is -1.95. The summed E-state index contributed by atoms with van der Waals surface area (Å²) in [5.74, 6) is -0.429. The van der Waals surface area contributed by atoms with Gasteiger partial charge in [0, 0.05) is 5.56 Å². The molecule has 0 spiro atoms. The Kier molecular flexibility index (Phi) is 2.93. The lowest BCUT2D eigenvalue weighted by atomic mass is 10.1. The minimum atomic E-state index is -0.429. The monoisotopic (exact) mass is 212 g/mol. The van der Waals surface area contributed by atoms with Gasteiger partial charge in [-0.1, -0.05) is 30.3 Å². The predicted molar refractivity (Wildman–Crippen MR) is 58.9 cm³/mol. The molecule has 2 aromatic rings. The minimum Gasteiger partial charge on any atom is -0.249 e. The van der Waals surface area contributed by atoms with Crippen LogP contribution >= 0.6 is 0 Å². The Bertz CT molecular complexity index is 529. The van der Waals surface area contributed by atoms with E-state index in [1.807, 2.05) is 36.4 Å². The van der Waals surface area contributed by atoms with Gasteiger partial charge in [-0.2, -0.15) is 5.26 Å². The van der Waals surface area contributed by atoms with E-state index in [4.69, 9.17) is 5.26 Å². The highest BCUT2D eigenvalue weighted by Gasteiger charge is 2.06. The molecule has 1 aromatic carbocycles. The third-order valence-electron chi connectivity index (χ3n) is 2.23. The van der Waals surface area contributed by atoms with Gasteiger partial charge in [-0.25, -0.2) is 9.37 Å². The molecule has 0 amide bonds. The second-order valence-electron chi connectivity index (χ2n) is 3.33. The average molecular weight is 212 g/mol. The van der Waals surface area contributed by atoms with E-state index in [9.17, 15) is 4.39 Å². The lowest BCUT2D eigenvalue weighted by Gasteiger charge is -2.03. The molecule has 0 unspecified atom stereocenters. The molecule has 0 aliphatic rings. The summed E-state index contributed by atoms with van der Waals surface area (Å²) >= 11 is 0. The van der Waals surface area contributed by atoms with Crippen LogP contribution in [0.1, 0.15) is 5.69 Å². The number of aromatic nitrogens is 1. The third kappa shape index (κ3) is 2.06. The summed E-state index contributed by atoms with van der Waals surface area (Å²) in [5.41, 5.74) is 1.80. The van der Waals surface area contributed by atoms with Crippen LogP contribution in [0, 0.1) is 17.1 Å². The first kappa shape index (κ1) is 10.3. The van der Waals surface area contributed by atoms with Crippen molar-refractivity contribution in [3.05, 3.63) is 54.0 Å². The van der Waals surface area contributed by atoms with Crippen LogP contribution in [0.4, 0.5) is 4.39 Å². The SMILES string of the molecule is N#CCc1nc(-c2ccccc2)ccc1F. The molecule has 1 heterocycles. The first-order valence-corrected chi connectivity index (χ1v) is 4.89. The van der Waals surface area contributed by atoms with Crippen molar-refractivity contribution >= 4 is 0 Å². The van der Waals surface area contributed by atoms with Gasteiger partial charge in [0.05, 0.1) is 23.9 Å². The van der Waals surface area contributed by atoms with Gasteiger partial charge in [-0.15, -0.1) is 0 Å². The Morgan fingerprint density at radius 2 is 1.88 bits per heavy atom. The fourth-order valence-electron chi connectivity index (χ4n) is 1.45. The molecule has 0 bridgehead atoms. The number of nitriles is 1. The fourth-order valence-corrected chi connectivity index (χ4v) is 1.45. The van der Waals surface area contributed by atoms with Gasteiger partial charge in [0.1, 0.15) is 5.82 Å². The number of halogens is 1. The zero-order chi connectivity index (χ0) is 11.4. The van der Waals surface area contributed by atoms with Gasteiger partial charge >= 0.3 is 0 Å². The molecule has 0 aliphatic carbocycles. The highest BCUT2D eigenvalue weighted by Crippen LogP contribution is 2.18. The second kappa shape index (κ2) is 4.54. The van der Waals surface area contributed by atoms with Crippen molar-refractivity contribution in [1.82, 2.24) is 4.98 Å². The summed E-state index contributed by atoms with van der Waals surface area (Å²) < 4.78 is 13.3. The molecule has 0 N–H and O–H groups in total. The number of hydrogen-bond donors (Lipinski definition) is 0. The molecule has 3 heteroatoms. The molecule has 78 valence electrons. The van der Waals surface area contributed by atoms with E-state index in [0.717, 1.165) is 5.56 Å². The van der Waals surface area contributed by atoms with Crippen molar-refractivity contribution in [2.24, 2.45) is 0 Å². The van der Waals surface area contributed by atoms with E-state index >= 15 is 0 Å². The largest absolute Gasteiger partial charge is 0.249 e. The number of nitrogens with zero attached hydrogens (tertiary/aromatic N) is 2. The van der Waals surface area contributed by atoms with Gasteiger partial charge in [-0.3, -0.25) is 0 Å². The molecule has 0 aliphatic heterocycles. The normalized spacial score (nSPS) is 9.75. The van der Waals surface area contributed by atoms with Crippen molar-refractivity contribution in [3.63, 3.8) is 0 Å². The number of pyridine rings is 1. The van der Waals surface area contributed by atoms with Crippen molar-refractivity contribution in [1.29, 1.82) is 5.26 Å². The predicted octanol–water partition coefficient (Wildman–Crippen LogP) is 2.95. The van der Waals surface area contributed by atoms with Crippen molar-refractivity contribution in [2.45, 2.75) is 6.42 Å². The Hall–Kier alpha value is -2.21. The first-order chi connectivity index (χ1) is 7.81. The summed E-state index contributed by atoms with van der Waals surface area (Å²) in [6.45, 7) is 0. The van der Waals surface area contributed by atoms with Crippen LogP contribution < -0.4 is 0 Å². The summed E-state index contributed by atoms with van der Waals surface area (Å²) in [6.07, 6.45) is -0.00743. The second-order valence-corrected chi connectivity index (χ2v) is 3.33. The van der Waals surface area contributed by atoms with Gasteiger partial charge in [0.15, 0.2) is 0 Å². The maximum Gasteiger partial charge on any atom is 0.145 e. The topological polar surface area (TPSA) is 36.7 Å². The highest BCUT2D eigenvalue weighted by molar-refractivity contribution is 5.58. The van der Waals surface area contributed by atoms with Gasteiger partial charge < -0.3 is 0 Å². The van der Waals surface area contributed by atoms with E-state index in [2.05, 4.69) is 4.98 Å². The van der Waals surface area contributed by atoms with E-state index in [0.29, 0.717) is 5.69 Å². The molecule has 0 atom stereocenters. The molecule has 0 saturated heterocycles. The molecule has 1 aromatic heterocycles. The maximum absolute atomic E-state index is 13.3. The smallest absolute Gasteiger partial charge is 0.145 e. The molecule has 0 saturated carbocycles. The van der Waals surface area contributed by atoms with Crippen LogP contribution in [0.3, 0.4) is 0 Å². The van der Waals surface area contributed by atoms with Crippen LogP contribution in [0.5, 0.6) is 0 Å². The summed E-state index contributed by atoms with van der Waals surface area (Å²) in [5, 5.41) is 8.55. The van der Waals surface area contributed by atoms with Crippen LogP contribution in [-0.4, -0.2) is 4.98 Å². The molecular formula is C13H9FN2. The summed E-state index contributed by atoms with van der Waals surface area (Å²) in [7, 11) is 0. The van der Waals surface area contributed by atoms with Gasteiger partial charge in [-0.05, 0) is 12.1 Å². The van der Waals surface area contributed by atoms with E-state index in [1.165, 1.54) is 6.07 Å². The molecule has 2 nitrogen and oxygen atoms in total. The molecular weight excluding hydrogens is 203 g/mol. The fraction of sp³-hybridized carbons (Fsp3) is 0.0769. The zero-order valence-electron chi connectivity index (χ0n) is 8.52. The van der Waals surface area contributed by atoms with E-state index < -0.39 is 5.82 Å². The Balaban J connectivity index is 2.45. The van der Waals surface area contributed by atoms with E-state index in [1.54, 1.807) is 6.07 Å². The van der Waals surface area contributed by atoms with Crippen LogP contribution in [0.15, 0.2) is 42.5 Å². The number of benzene rings is 1. The van der Waals surface area contributed by atoms with Gasteiger partial charge in [0.2, 0.25) is 0 Å². The minimum absolute atomic E-state index is 0.00743. The lowest BCUT2D eigenvalue weighted by molar-refractivity contribution is 0.606. The van der Waals surface area contributed by atoms with Crippen molar-refractivity contribution in [2.75, 3.05) is 0 Å². The summed E-state index contributed by atoms with van der Waals surface area (Å²) in [4.78, 5) is 4.13. The van der Waals surface area contributed by atoms with Crippen LogP contribution in [0.25, 0.3) is 11.3 Å². The Morgan fingerprint density at radius 3 is 2.56 bits per heavy atom. The molecule has 16 heavy (non-hydrogen) atoms. The van der Waals surface area contributed by atoms with Crippen LogP contribution in [-0.2, 0) is 6.42 Å². The molecule has 0 fully saturated rings. The number of hydrogen-bond acceptors (Lipinski definition) is 2. The van der Waals surface area contributed by atoms with Gasteiger partial charge in [0.25, 0.3) is 0 Å². The number of rotatable bonds is 2. The average Bonchev–Trinajstić information content (AvgIpc) is 2.33. The Morgan fingerprint density at radius 1 is 1.12 bits per heavy atom. The van der Waals surface area contributed by atoms with E-state index in [-0.39, 0.29) is 12.1 Å². The van der Waals surface area contributed by atoms with Crippen molar-refractivity contribution in [3.8, 4) is 17.3 Å². The first-order valence-electron chi connectivity index (χ1n) is 4.89. The molecule has 0 radical (unpaired) electrons. The quantitative estimate of drug-likeness (QED) is 0.767. The summed E-state index contributed by atoms with van der Waals surface area (Å²) in [6, 6.07) is 14.4. The van der Waals surface area contributed by atoms with Crippen molar-refractivity contribution < 1.29 is 4.39 Å². The zero-order valence-corrected chi connectivity index (χ0v) is 8.52. The highest BCUT2D eigenvalue weighted by atomic mass is 19.1. The van der Waals surface area contributed by atoms with Crippen LogP contribution in [0.2, 0.25) is 0 Å². The molecule has 2 rings (SSSR count). The maximum atomic E-state index is 13.3. The third-order valence-corrected chi connectivity index (χ3v) is 2.23. The Labute approximate surface area is 93.0 Å².